The topological polar surface area (TPSA) is 35.2 Å². The van der Waals surface area contributed by atoms with Crippen molar-refractivity contribution in [3.8, 4) is 5.75 Å². The Morgan fingerprint density at radius 3 is 2.62 bits per heavy atom. The van der Waals surface area contributed by atoms with Crippen molar-refractivity contribution in [3.05, 3.63) is 29.3 Å². The molecule has 72 valence electrons. The fourth-order valence-electron chi connectivity index (χ4n) is 1.46. The average molecular weight is 179 g/mol. The van der Waals surface area contributed by atoms with Gasteiger partial charge in [0, 0.05) is 0 Å². The third-order valence-electron chi connectivity index (χ3n) is 2.36. The molecular weight excluding hydrogens is 162 g/mol. The van der Waals surface area contributed by atoms with Crippen LogP contribution >= 0.6 is 0 Å². The number of benzene rings is 1. The third-order valence-corrected chi connectivity index (χ3v) is 2.36. The molecule has 0 radical (unpaired) electrons. The molecule has 2 N–H and O–H groups in total. The lowest BCUT2D eigenvalue weighted by molar-refractivity contribution is 0.414. The van der Waals surface area contributed by atoms with Crippen LogP contribution in [-0.2, 0) is 0 Å². The van der Waals surface area contributed by atoms with E-state index in [9.17, 15) is 0 Å². The highest BCUT2D eigenvalue weighted by atomic mass is 16.5. The van der Waals surface area contributed by atoms with Gasteiger partial charge in [0.15, 0.2) is 0 Å². The minimum Gasteiger partial charge on any atom is -0.497 e. The lowest BCUT2D eigenvalue weighted by atomic mass is 9.96. The van der Waals surface area contributed by atoms with Crippen molar-refractivity contribution in [2.75, 3.05) is 13.7 Å². The van der Waals surface area contributed by atoms with Crippen LogP contribution in [0.25, 0.3) is 0 Å². The summed E-state index contributed by atoms with van der Waals surface area (Å²) < 4.78 is 5.13. The normalized spacial score (nSPS) is 12.6. The van der Waals surface area contributed by atoms with E-state index in [1.807, 2.05) is 12.1 Å². The first-order valence-corrected chi connectivity index (χ1v) is 4.53. The minimum absolute atomic E-state index is 0.422. The van der Waals surface area contributed by atoms with Crippen LogP contribution in [0.3, 0.4) is 0 Å². The van der Waals surface area contributed by atoms with E-state index in [1.165, 1.54) is 11.1 Å². The number of aryl methyl sites for hydroxylation is 1. The molecule has 1 unspecified atom stereocenters. The maximum atomic E-state index is 5.61. The first-order valence-electron chi connectivity index (χ1n) is 4.53. The highest BCUT2D eigenvalue weighted by Crippen LogP contribution is 2.22. The summed E-state index contributed by atoms with van der Waals surface area (Å²) in [6, 6.07) is 6.11. The second-order valence-electron chi connectivity index (χ2n) is 3.36. The van der Waals surface area contributed by atoms with Gasteiger partial charge in [-0.25, -0.2) is 0 Å². The van der Waals surface area contributed by atoms with Gasteiger partial charge in [0.2, 0.25) is 0 Å². The van der Waals surface area contributed by atoms with Gasteiger partial charge in [0.25, 0.3) is 0 Å². The van der Waals surface area contributed by atoms with Gasteiger partial charge in [-0.3, -0.25) is 0 Å². The summed E-state index contributed by atoms with van der Waals surface area (Å²) >= 11 is 0. The Hall–Kier alpha value is -1.02. The van der Waals surface area contributed by atoms with Crippen molar-refractivity contribution in [1.29, 1.82) is 0 Å². The molecule has 0 saturated heterocycles. The predicted molar refractivity (Wildman–Crippen MR) is 55.2 cm³/mol. The molecule has 0 aliphatic rings. The van der Waals surface area contributed by atoms with Crippen molar-refractivity contribution < 1.29 is 4.74 Å². The Morgan fingerprint density at radius 1 is 1.46 bits per heavy atom. The Bertz CT molecular complexity index is 283. The largest absolute Gasteiger partial charge is 0.497 e. The fourth-order valence-corrected chi connectivity index (χ4v) is 1.46. The molecule has 2 heteroatoms. The minimum atomic E-state index is 0.422. The molecule has 0 aliphatic heterocycles. The molecule has 1 rings (SSSR count). The Kier molecular flexibility index (Phi) is 3.32. The second kappa shape index (κ2) is 4.28. The van der Waals surface area contributed by atoms with Gasteiger partial charge in [-0.05, 0) is 42.6 Å². The van der Waals surface area contributed by atoms with Crippen molar-refractivity contribution in [1.82, 2.24) is 0 Å². The van der Waals surface area contributed by atoms with Crippen LogP contribution in [0.2, 0.25) is 0 Å². The monoisotopic (exact) mass is 179 g/mol. The molecule has 0 heterocycles. The summed E-state index contributed by atoms with van der Waals surface area (Å²) in [5, 5.41) is 0. The van der Waals surface area contributed by atoms with Gasteiger partial charge < -0.3 is 10.5 Å². The summed E-state index contributed by atoms with van der Waals surface area (Å²) in [7, 11) is 1.68. The fraction of sp³-hybridized carbons (Fsp3) is 0.455. The van der Waals surface area contributed by atoms with Gasteiger partial charge in [-0.2, -0.15) is 0 Å². The van der Waals surface area contributed by atoms with Crippen LogP contribution in [0, 0.1) is 6.92 Å². The summed E-state index contributed by atoms with van der Waals surface area (Å²) in [6.45, 7) is 4.91. The van der Waals surface area contributed by atoms with Gasteiger partial charge in [-0.1, -0.05) is 13.0 Å². The number of nitrogens with two attached hydrogens (primary N) is 1. The quantitative estimate of drug-likeness (QED) is 0.771. The lowest BCUT2D eigenvalue weighted by Gasteiger charge is -2.13. The third kappa shape index (κ3) is 2.22. The lowest BCUT2D eigenvalue weighted by Crippen LogP contribution is -2.10. The summed E-state index contributed by atoms with van der Waals surface area (Å²) in [5.74, 6) is 1.33. The van der Waals surface area contributed by atoms with E-state index in [0.717, 1.165) is 5.75 Å². The first kappa shape index (κ1) is 10.1. The highest BCUT2D eigenvalue weighted by Gasteiger charge is 2.06. The van der Waals surface area contributed by atoms with E-state index in [-0.39, 0.29) is 0 Å². The highest BCUT2D eigenvalue weighted by molar-refractivity contribution is 5.36. The standard InChI is InChI=1S/C11H17NO/c1-8-6-10(13-3)4-5-11(8)9(2)7-12/h4-6,9H,7,12H2,1-3H3. The molecule has 0 aliphatic carbocycles. The summed E-state index contributed by atoms with van der Waals surface area (Å²) in [6.07, 6.45) is 0. The maximum absolute atomic E-state index is 5.61. The van der Waals surface area contributed by atoms with Crippen LogP contribution in [-0.4, -0.2) is 13.7 Å². The molecule has 0 amide bonds. The number of hydrogen-bond acceptors (Lipinski definition) is 2. The molecule has 0 aromatic heterocycles. The SMILES string of the molecule is COc1ccc(C(C)CN)c(C)c1. The van der Waals surface area contributed by atoms with Crippen molar-refractivity contribution in [2.45, 2.75) is 19.8 Å². The first-order chi connectivity index (χ1) is 6.19. The molecular formula is C11H17NO. The Balaban J connectivity index is 2.98. The molecule has 0 spiro atoms. The van der Waals surface area contributed by atoms with Crippen molar-refractivity contribution in [3.63, 3.8) is 0 Å². The molecule has 0 saturated carbocycles. The molecule has 1 atom stereocenters. The van der Waals surface area contributed by atoms with Crippen LogP contribution in [0.15, 0.2) is 18.2 Å². The van der Waals surface area contributed by atoms with Gasteiger partial charge >= 0.3 is 0 Å². The Labute approximate surface area is 79.7 Å². The molecule has 0 bridgehead atoms. The van der Waals surface area contributed by atoms with E-state index in [0.29, 0.717) is 12.5 Å². The maximum Gasteiger partial charge on any atom is 0.119 e. The van der Waals surface area contributed by atoms with E-state index < -0.39 is 0 Å². The second-order valence-corrected chi connectivity index (χ2v) is 3.36. The van der Waals surface area contributed by atoms with Crippen molar-refractivity contribution in [2.24, 2.45) is 5.73 Å². The van der Waals surface area contributed by atoms with Crippen LogP contribution in [0.5, 0.6) is 5.75 Å². The van der Waals surface area contributed by atoms with E-state index in [1.54, 1.807) is 7.11 Å². The van der Waals surface area contributed by atoms with Crippen LogP contribution in [0.4, 0.5) is 0 Å². The Morgan fingerprint density at radius 2 is 2.15 bits per heavy atom. The van der Waals surface area contributed by atoms with Crippen molar-refractivity contribution >= 4 is 0 Å². The van der Waals surface area contributed by atoms with Gasteiger partial charge in [0.05, 0.1) is 7.11 Å². The predicted octanol–water partition coefficient (Wildman–Crippen LogP) is 2.07. The summed E-state index contributed by atoms with van der Waals surface area (Å²) in [5.41, 5.74) is 8.17. The smallest absolute Gasteiger partial charge is 0.119 e. The van der Waals surface area contributed by atoms with E-state index >= 15 is 0 Å². The molecule has 1 aromatic carbocycles. The molecule has 1 aromatic rings. The van der Waals surface area contributed by atoms with Gasteiger partial charge in [-0.15, -0.1) is 0 Å². The number of rotatable bonds is 3. The average Bonchev–Trinajstić information content (AvgIpc) is 2.16. The summed E-state index contributed by atoms with van der Waals surface area (Å²) in [4.78, 5) is 0. The van der Waals surface area contributed by atoms with E-state index in [4.69, 9.17) is 10.5 Å². The van der Waals surface area contributed by atoms with E-state index in [2.05, 4.69) is 19.9 Å². The van der Waals surface area contributed by atoms with Crippen LogP contribution < -0.4 is 10.5 Å². The van der Waals surface area contributed by atoms with Gasteiger partial charge in [0.1, 0.15) is 5.75 Å². The molecule has 2 nitrogen and oxygen atoms in total. The molecule has 0 fully saturated rings. The number of hydrogen-bond donors (Lipinski definition) is 1. The van der Waals surface area contributed by atoms with Crippen LogP contribution in [0.1, 0.15) is 24.0 Å². The zero-order valence-electron chi connectivity index (χ0n) is 8.50. The number of methoxy groups -OCH3 is 1. The zero-order valence-corrected chi connectivity index (χ0v) is 8.50. The molecule has 13 heavy (non-hydrogen) atoms. The zero-order chi connectivity index (χ0) is 9.84. The number of ether oxygens (including phenoxy) is 1.